The lowest BCUT2D eigenvalue weighted by molar-refractivity contribution is -0.0177. The summed E-state index contributed by atoms with van der Waals surface area (Å²) in [6.45, 7) is 3.70. The molecule has 0 heterocycles. The highest BCUT2D eigenvalue weighted by atomic mass is 16.5. The summed E-state index contributed by atoms with van der Waals surface area (Å²) in [4.78, 5) is 0. The molecule has 4 nitrogen and oxygen atoms in total. The van der Waals surface area contributed by atoms with E-state index in [1.165, 1.54) is 0 Å². The Bertz CT molecular complexity index is 64.8. The summed E-state index contributed by atoms with van der Waals surface area (Å²) in [6.07, 6.45) is -0.612. The Morgan fingerprint density at radius 2 is 1.90 bits per heavy atom. The normalized spacial score (nSPS) is 15.6. The van der Waals surface area contributed by atoms with E-state index in [0.29, 0.717) is 6.61 Å². The zero-order valence-electron chi connectivity index (χ0n) is 6.37. The van der Waals surface area contributed by atoms with Crippen LogP contribution in [0.4, 0.5) is 0 Å². The molecule has 0 rings (SSSR count). The Kier molecular flexibility index (Phi) is 8.70. The van der Waals surface area contributed by atoms with E-state index in [1.54, 1.807) is 13.8 Å². The van der Waals surface area contributed by atoms with E-state index >= 15 is 0 Å². The smallest absolute Gasteiger partial charge is 0.0779 e. The molecule has 64 valence electrons. The molecule has 2 unspecified atom stereocenters. The fourth-order valence-electron chi connectivity index (χ4n) is 0.356. The monoisotopic (exact) mass is 152 g/mol. The van der Waals surface area contributed by atoms with Gasteiger partial charge in [0.15, 0.2) is 0 Å². The van der Waals surface area contributed by atoms with Crippen molar-refractivity contribution in [1.29, 1.82) is 0 Å². The number of hydrogen-bond donors (Lipinski definition) is 2. The third-order valence-corrected chi connectivity index (χ3v) is 0.879. The highest BCUT2D eigenvalue weighted by Gasteiger charge is 2.00. The summed E-state index contributed by atoms with van der Waals surface area (Å²) < 4.78 is 4.95. The lowest BCUT2D eigenvalue weighted by Gasteiger charge is -2.10. The quantitative estimate of drug-likeness (QED) is 0.538. The molecule has 0 aromatic rings. The SMILES string of the molecule is CC(O)COC(C)CO.O. The first-order valence-corrected chi connectivity index (χ1v) is 3.07. The molecule has 0 aliphatic carbocycles. The van der Waals surface area contributed by atoms with Crippen LogP contribution in [0.2, 0.25) is 0 Å². The molecule has 4 N–H and O–H groups in total. The van der Waals surface area contributed by atoms with Gasteiger partial charge in [-0.1, -0.05) is 0 Å². The van der Waals surface area contributed by atoms with Crippen LogP contribution >= 0.6 is 0 Å². The van der Waals surface area contributed by atoms with E-state index in [0.717, 1.165) is 0 Å². The molecule has 0 saturated heterocycles. The summed E-state index contributed by atoms with van der Waals surface area (Å²) >= 11 is 0. The minimum absolute atomic E-state index is 0. The maximum absolute atomic E-state index is 8.69. The fourth-order valence-corrected chi connectivity index (χ4v) is 0.356. The van der Waals surface area contributed by atoms with Crippen LogP contribution in [0, 0.1) is 0 Å². The van der Waals surface area contributed by atoms with Gasteiger partial charge < -0.3 is 20.4 Å². The molecule has 0 aliphatic heterocycles. The maximum Gasteiger partial charge on any atom is 0.0779 e. The van der Waals surface area contributed by atoms with Crippen molar-refractivity contribution in [1.82, 2.24) is 0 Å². The molecule has 10 heavy (non-hydrogen) atoms. The van der Waals surface area contributed by atoms with Crippen molar-refractivity contribution in [2.45, 2.75) is 26.1 Å². The van der Waals surface area contributed by atoms with Gasteiger partial charge in [0, 0.05) is 0 Å². The van der Waals surface area contributed by atoms with Gasteiger partial charge >= 0.3 is 0 Å². The molecule has 0 aromatic carbocycles. The van der Waals surface area contributed by atoms with Gasteiger partial charge in [0.2, 0.25) is 0 Å². The summed E-state index contributed by atoms with van der Waals surface area (Å²) in [5.41, 5.74) is 0. The Morgan fingerprint density at radius 3 is 2.20 bits per heavy atom. The lowest BCUT2D eigenvalue weighted by Crippen LogP contribution is -2.19. The zero-order valence-corrected chi connectivity index (χ0v) is 6.37. The topological polar surface area (TPSA) is 81.2 Å². The number of aliphatic hydroxyl groups is 2. The van der Waals surface area contributed by atoms with Crippen molar-refractivity contribution < 1.29 is 20.4 Å². The van der Waals surface area contributed by atoms with Crippen molar-refractivity contribution in [3.63, 3.8) is 0 Å². The van der Waals surface area contributed by atoms with E-state index in [4.69, 9.17) is 14.9 Å². The molecule has 4 heteroatoms. The largest absolute Gasteiger partial charge is 0.412 e. The second-order valence-electron chi connectivity index (χ2n) is 2.18. The van der Waals surface area contributed by atoms with Crippen LogP contribution in [0.1, 0.15) is 13.8 Å². The second-order valence-corrected chi connectivity index (χ2v) is 2.18. The molecule has 0 bridgehead atoms. The van der Waals surface area contributed by atoms with E-state index in [1.807, 2.05) is 0 Å². The highest BCUT2D eigenvalue weighted by Crippen LogP contribution is 1.90. The summed E-state index contributed by atoms with van der Waals surface area (Å²) in [5.74, 6) is 0. The number of hydrogen-bond acceptors (Lipinski definition) is 3. The molecular weight excluding hydrogens is 136 g/mol. The van der Waals surface area contributed by atoms with Gasteiger partial charge in [0.1, 0.15) is 0 Å². The van der Waals surface area contributed by atoms with Crippen LogP contribution in [-0.2, 0) is 4.74 Å². The molecule has 0 radical (unpaired) electrons. The lowest BCUT2D eigenvalue weighted by atomic mass is 10.4. The van der Waals surface area contributed by atoms with Crippen LogP contribution < -0.4 is 0 Å². The average molecular weight is 152 g/mol. The third-order valence-electron chi connectivity index (χ3n) is 0.879. The van der Waals surface area contributed by atoms with Gasteiger partial charge in [-0.2, -0.15) is 0 Å². The van der Waals surface area contributed by atoms with Gasteiger partial charge in [0.05, 0.1) is 25.4 Å². The first-order chi connectivity index (χ1) is 4.16. The van der Waals surface area contributed by atoms with Crippen LogP contribution in [0.5, 0.6) is 0 Å². The van der Waals surface area contributed by atoms with E-state index in [2.05, 4.69) is 0 Å². The molecule has 0 fully saturated rings. The van der Waals surface area contributed by atoms with Crippen LogP contribution in [0.15, 0.2) is 0 Å². The average Bonchev–Trinajstić information content (AvgIpc) is 1.83. The van der Waals surface area contributed by atoms with E-state index < -0.39 is 6.10 Å². The van der Waals surface area contributed by atoms with Gasteiger partial charge in [-0.05, 0) is 13.8 Å². The molecule has 0 aromatic heterocycles. The van der Waals surface area contributed by atoms with Crippen molar-refractivity contribution in [3.8, 4) is 0 Å². The predicted molar refractivity (Wildman–Crippen MR) is 37.8 cm³/mol. The Balaban J connectivity index is 0. The molecular formula is C6H16O4. The molecule has 0 saturated carbocycles. The zero-order chi connectivity index (χ0) is 7.28. The van der Waals surface area contributed by atoms with E-state index in [-0.39, 0.29) is 18.2 Å². The number of rotatable bonds is 4. The first kappa shape index (κ1) is 12.5. The summed E-state index contributed by atoms with van der Waals surface area (Å²) in [7, 11) is 0. The molecule has 0 amide bonds. The van der Waals surface area contributed by atoms with Gasteiger partial charge in [-0.25, -0.2) is 0 Å². The Morgan fingerprint density at radius 1 is 1.40 bits per heavy atom. The van der Waals surface area contributed by atoms with Gasteiger partial charge in [0.25, 0.3) is 0 Å². The van der Waals surface area contributed by atoms with Gasteiger partial charge in [-0.15, -0.1) is 0 Å². The second kappa shape index (κ2) is 6.95. The van der Waals surface area contributed by atoms with Crippen molar-refractivity contribution in [2.24, 2.45) is 0 Å². The van der Waals surface area contributed by atoms with Crippen molar-refractivity contribution in [3.05, 3.63) is 0 Å². The van der Waals surface area contributed by atoms with Gasteiger partial charge in [-0.3, -0.25) is 0 Å². The molecule has 0 spiro atoms. The van der Waals surface area contributed by atoms with Crippen LogP contribution in [0.25, 0.3) is 0 Å². The van der Waals surface area contributed by atoms with Crippen molar-refractivity contribution in [2.75, 3.05) is 13.2 Å². The fraction of sp³-hybridized carbons (Fsp3) is 1.00. The van der Waals surface area contributed by atoms with Crippen molar-refractivity contribution >= 4 is 0 Å². The maximum atomic E-state index is 8.69. The number of aliphatic hydroxyl groups excluding tert-OH is 2. The Hall–Kier alpha value is -0.160. The minimum Gasteiger partial charge on any atom is -0.412 e. The van der Waals surface area contributed by atoms with Crippen LogP contribution in [0.3, 0.4) is 0 Å². The molecule has 2 atom stereocenters. The predicted octanol–water partition coefficient (Wildman–Crippen LogP) is -1.06. The van der Waals surface area contributed by atoms with E-state index in [9.17, 15) is 0 Å². The van der Waals surface area contributed by atoms with Crippen LogP contribution in [-0.4, -0.2) is 41.1 Å². The standard InChI is InChI=1S/C6H14O3.H2O/c1-5(8)4-9-6(2)3-7;/h5-8H,3-4H2,1-2H3;1H2. The minimum atomic E-state index is -0.445. The highest BCUT2D eigenvalue weighted by molar-refractivity contribution is 4.47. The Labute approximate surface area is 60.7 Å². The molecule has 0 aliphatic rings. The first-order valence-electron chi connectivity index (χ1n) is 3.07. The number of ether oxygens (including phenoxy) is 1. The summed E-state index contributed by atoms with van der Waals surface area (Å²) in [5, 5.41) is 17.1. The third kappa shape index (κ3) is 7.84. The summed E-state index contributed by atoms with van der Waals surface area (Å²) in [6, 6.07) is 0.